The van der Waals surface area contributed by atoms with Crippen LogP contribution in [-0.4, -0.2) is 86.5 Å². The molecule has 12 N–H and O–H groups in total. The van der Waals surface area contributed by atoms with Crippen molar-refractivity contribution in [3.63, 3.8) is 0 Å². The summed E-state index contributed by atoms with van der Waals surface area (Å²) in [6.45, 7) is 3.92. The second-order valence-electron chi connectivity index (χ2n) is 9.42. The summed E-state index contributed by atoms with van der Waals surface area (Å²) in [6.07, 6.45) is 2.72. The van der Waals surface area contributed by atoms with Gasteiger partial charge in [-0.25, -0.2) is 9.78 Å². The number of aliphatic carboxylic acids is 2. The molecule has 16 heteroatoms. The number of nitrogens with one attached hydrogen (secondary N) is 4. The normalized spacial score (nSPS) is 13.9. The first-order valence-electron chi connectivity index (χ1n) is 12.4. The maximum atomic E-state index is 13.1. The second kappa shape index (κ2) is 16.6. The summed E-state index contributed by atoms with van der Waals surface area (Å²) >= 11 is 0. The number of guanidine groups is 1. The number of aliphatic imine (C=N–C) groups is 1. The van der Waals surface area contributed by atoms with Crippen molar-refractivity contribution in [3.8, 4) is 0 Å². The molecule has 0 aliphatic carbocycles. The number of carboxylic acids is 2. The molecule has 3 amide bonds. The highest BCUT2D eigenvalue weighted by Gasteiger charge is 2.31. The number of hydrogen-bond acceptors (Lipinski definition) is 8. The standard InChI is InChI=1S/C23H39N9O7/c1-12(2)8-16(31-19(35)14(24)4-3-7-28-23(25)26)21(37)30-15(5-6-18(33)34)20(36)32-17(22(38)39)9-13-10-27-11-29-13/h10-12,14-17H,3-9,24H2,1-2H3,(H,27,29)(H,30,37)(H,31,35)(H,32,36)(H,33,34)(H,38,39)(H4,25,26,28). The van der Waals surface area contributed by atoms with Gasteiger partial charge in [-0.2, -0.15) is 0 Å². The van der Waals surface area contributed by atoms with Gasteiger partial charge in [-0.05, 0) is 31.6 Å². The van der Waals surface area contributed by atoms with E-state index in [0.717, 1.165) is 0 Å². The van der Waals surface area contributed by atoms with E-state index in [-0.39, 0.29) is 44.1 Å². The molecule has 1 aromatic rings. The molecule has 4 unspecified atom stereocenters. The number of rotatable bonds is 18. The quantitative estimate of drug-likeness (QED) is 0.0533. The number of nitrogens with zero attached hydrogens (tertiary/aromatic N) is 2. The van der Waals surface area contributed by atoms with Gasteiger partial charge in [-0.3, -0.25) is 24.2 Å². The molecular formula is C23H39N9O7. The minimum Gasteiger partial charge on any atom is -0.481 e. The predicted octanol–water partition coefficient (Wildman–Crippen LogP) is -2.22. The van der Waals surface area contributed by atoms with E-state index >= 15 is 0 Å². The Kier molecular flexibility index (Phi) is 14.0. The monoisotopic (exact) mass is 553 g/mol. The molecule has 0 saturated heterocycles. The molecule has 39 heavy (non-hydrogen) atoms. The number of carbonyl (C=O) groups excluding carboxylic acids is 3. The Hall–Kier alpha value is -4.21. The van der Waals surface area contributed by atoms with Crippen LogP contribution in [0.4, 0.5) is 0 Å². The van der Waals surface area contributed by atoms with Gasteiger partial charge in [0.2, 0.25) is 17.7 Å². The molecule has 0 bridgehead atoms. The van der Waals surface area contributed by atoms with Crippen LogP contribution in [-0.2, 0) is 30.4 Å². The molecule has 4 atom stereocenters. The third-order valence-electron chi connectivity index (χ3n) is 5.52. The molecular weight excluding hydrogens is 514 g/mol. The lowest BCUT2D eigenvalue weighted by molar-refractivity contribution is -0.143. The van der Waals surface area contributed by atoms with Crippen LogP contribution in [0, 0.1) is 5.92 Å². The molecule has 1 aromatic heterocycles. The van der Waals surface area contributed by atoms with Crippen LogP contribution < -0.4 is 33.2 Å². The molecule has 1 rings (SSSR count). The van der Waals surface area contributed by atoms with E-state index in [1.807, 2.05) is 13.8 Å². The van der Waals surface area contributed by atoms with E-state index in [9.17, 15) is 29.1 Å². The van der Waals surface area contributed by atoms with Crippen molar-refractivity contribution in [3.05, 3.63) is 18.2 Å². The minimum absolute atomic E-state index is 0.0452. The number of nitrogens with two attached hydrogens (primary N) is 3. The highest BCUT2D eigenvalue weighted by molar-refractivity contribution is 5.94. The lowest BCUT2D eigenvalue weighted by Gasteiger charge is -2.26. The first kappa shape index (κ1) is 32.8. The number of carbonyl (C=O) groups is 5. The van der Waals surface area contributed by atoms with Crippen LogP contribution in [0.3, 0.4) is 0 Å². The Labute approximate surface area is 225 Å². The van der Waals surface area contributed by atoms with E-state index in [1.54, 1.807) is 0 Å². The smallest absolute Gasteiger partial charge is 0.326 e. The lowest BCUT2D eigenvalue weighted by Crippen LogP contribution is -2.57. The van der Waals surface area contributed by atoms with Gasteiger partial charge in [0.1, 0.15) is 18.1 Å². The molecule has 1 heterocycles. The Morgan fingerprint density at radius 2 is 1.59 bits per heavy atom. The summed E-state index contributed by atoms with van der Waals surface area (Å²) in [5.41, 5.74) is 16.9. The SMILES string of the molecule is CC(C)CC(NC(=O)C(N)CCCN=C(N)N)C(=O)NC(CCC(=O)O)C(=O)NC(Cc1cnc[nH]1)C(=O)O. The van der Waals surface area contributed by atoms with Gasteiger partial charge in [-0.15, -0.1) is 0 Å². The predicted molar refractivity (Wildman–Crippen MR) is 140 cm³/mol. The average molecular weight is 554 g/mol. The zero-order chi connectivity index (χ0) is 29.5. The zero-order valence-electron chi connectivity index (χ0n) is 22.1. The van der Waals surface area contributed by atoms with Gasteiger partial charge >= 0.3 is 11.9 Å². The van der Waals surface area contributed by atoms with Gasteiger partial charge in [0, 0.05) is 31.3 Å². The molecule has 0 saturated carbocycles. The topological polar surface area (TPSA) is 281 Å². The maximum Gasteiger partial charge on any atom is 0.326 e. The maximum absolute atomic E-state index is 13.1. The summed E-state index contributed by atoms with van der Waals surface area (Å²) < 4.78 is 0. The van der Waals surface area contributed by atoms with Crippen LogP contribution in [0.5, 0.6) is 0 Å². The van der Waals surface area contributed by atoms with E-state index < -0.39 is 60.2 Å². The number of hydrogen-bond donors (Lipinski definition) is 9. The van der Waals surface area contributed by atoms with Crippen molar-refractivity contribution in [2.75, 3.05) is 6.54 Å². The third kappa shape index (κ3) is 13.2. The fourth-order valence-corrected chi connectivity index (χ4v) is 3.53. The summed E-state index contributed by atoms with van der Waals surface area (Å²) in [5, 5.41) is 26.0. The summed E-state index contributed by atoms with van der Waals surface area (Å²) in [7, 11) is 0. The molecule has 218 valence electrons. The van der Waals surface area contributed by atoms with E-state index in [4.69, 9.17) is 22.3 Å². The summed E-state index contributed by atoms with van der Waals surface area (Å²) in [5.74, 6) is -4.90. The number of H-pyrrole nitrogens is 1. The molecule has 16 nitrogen and oxygen atoms in total. The molecule has 0 aliphatic rings. The van der Waals surface area contributed by atoms with Gasteiger partial charge in [0.25, 0.3) is 0 Å². The van der Waals surface area contributed by atoms with Crippen LogP contribution in [0.1, 0.15) is 51.6 Å². The van der Waals surface area contributed by atoms with Crippen molar-refractivity contribution >= 4 is 35.6 Å². The molecule has 0 spiro atoms. The highest BCUT2D eigenvalue weighted by Crippen LogP contribution is 2.09. The van der Waals surface area contributed by atoms with Gasteiger partial charge in [0.05, 0.1) is 12.4 Å². The van der Waals surface area contributed by atoms with Gasteiger partial charge in [0.15, 0.2) is 5.96 Å². The van der Waals surface area contributed by atoms with E-state index in [2.05, 4.69) is 30.9 Å². The Morgan fingerprint density at radius 1 is 0.974 bits per heavy atom. The van der Waals surface area contributed by atoms with Crippen LogP contribution in [0.2, 0.25) is 0 Å². The molecule has 0 radical (unpaired) electrons. The number of imidazole rings is 1. The number of carboxylic acid groups (broad SMARTS) is 2. The van der Waals surface area contributed by atoms with Crippen molar-refractivity contribution in [2.24, 2.45) is 28.1 Å². The van der Waals surface area contributed by atoms with E-state index in [0.29, 0.717) is 12.1 Å². The Morgan fingerprint density at radius 3 is 2.13 bits per heavy atom. The first-order valence-corrected chi connectivity index (χ1v) is 12.4. The summed E-state index contributed by atoms with van der Waals surface area (Å²) in [6, 6.07) is -4.78. The van der Waals surface area contributed by atoms with Gasteiger partial charge < -0.3 is 48.3 Å². The van der Waals surface area contributed by atoms with Crippen LogP contribution in [0.15, 0.2) is 17.5 Å². The van der Waals surface area contributed by atoms with Crippen molar-refractivity contribution in [1.29, 1.82) is 0 Å². The molecule has 0 aliphatic heterocycles. The minimum atomic E-state index is -1.38. The number of aromatic amines is 1. The third-order valence-corrected chi connectivity index (χ3v) is 5.52. The largest absolute Gasteiger partial charge is 0.481 e. The van der Waals surface area contributed by atoms with Gasteiger partial charge in [-0.1, -0.05) is 13.8 Å². The fourth-order valence-electron chi connectivity index (χ4n) is 3.53. The number of aromatic nitrogens is 2. The number of amides is 3. The second-order valence-corrected chi connectivity index (χ2v) is 9.42. The molecule has 0 fully saturated rings. The average Bonchev–Trinajstić information content (AvgIpc) is 3.35. The van der Waals surface area contributed by atoms with E-state index in [1.165, 1.54) is 12.5 Å². The Bertz CT molecular complexity index is 994. The highest BCUT2D eigenvalue weighted by atomic mass is 16.4. The first-order chi connectivity index (χ1) is 18.3. The lowest BCUT2D eigenvalue weighted by atomic mass is 10.0. The fraction of sp³-hybridized carbons (Fsp3) is 0.609. The van der Waals surface area contributed by atoms with Crippen LogP contribution in [0.25, 0.3) is 0 Å². The van der Waals surface area contributed by atoms with Crippen molar-refractivity contribution < 1.29 is 34.2 Å². The van der Waals surface area contributed by atoms with Crippen molar-refractivity contribution in [2.45, 2.75) is 76.5 Å². The van der Waals surface area contributed by atoms with Crippen molar-refractivity contribution in [1.82, 2.24) is 25.9 Å². The molecule has 0 aromatic carbocycles. The summed E-state index contributed by atoms with van der Waals surface area (Å²) in [4.78, 5) is 72.0. The van der Waals surface area contributed by atoms with Crippen LogP contribution >= 0.6 is 0 Å². The zero-order valence-corrected chi connectivity index (χ0v) is 22.1. The Balaban J connectivity index is 2.95.